The van der Waals surface area contributed by atoms with Gasteiger partial charge >= 0.3 is 5.97 Å². The average molecular weight is 429 g/mol. The van der Waals surface area contributed by atoms with Gasteiger partial charge in [0.05, 0.1) is 5.69 Å². The van der Waals surface area contributed by atoms with E-state index in [1.165, 1.54) is 0 Å². The number of nitrogens with zero attached hydrogens (tertiary/aromatic N) is 3. The number of aromatic nitrogens is 3. The molecule has 128 valence electrons. The Bertz CT molecular complexity index is 1160. The van der Waals surface area contributed by atoms with Crippen molar-refractivity contribution in [1.29, 1.82) is 0 Å². The molecular weight excluding hydrogens is 418 g/mol. The van der Waals surface area contributed by atoms with Gasteiger partial charge in [-0.3, -0.25) is 0 Å². The fraction of sp³-hybridized carbons (Fsp3) is 0. The van der Waals surface area contributed by atoms with Gasteiger partial charge in [0, 0.05) is 20.6 Å². The normalized spacial score (nSPS) is 11.0. The Morgan fingerprint density at radius 1 is 1.04 bits per heavy atom. The molecule has 0 unspecified atom stereocenters. The highest BCUT2D eigenvalue weighted by Gasteiger charge is 2.18. The highest BCUT2D eigenvalue weighted by atomic mass is 79.9. The van der Waals surface area contributed by atoms with Gasteiger partial charge in [-0.1, -0.05) is 51.8 Å². The fourth-order valence-electron chi connectivity index (χ4n) is 2.74. The first-order valence-corrected chi connectivity index (χ1v) is 8.85. The Balaban J connectivity index is 2.00. The third kappa shape index (κ3) is 2.98. The SMILES string of the molecule is O=C(O)c1ccc(-c2cccc(Br)c2)n2nc(-c3cccc(Cl)c3)nc12. The lowest BCUT2D eigenvalue weighted by atomic mass is 10.1. The summed E-state index contributed by atoms with van der Waals surface area (Å²) in [5, 5.41) is 14.6. The van der Waals surface area contributed by atoms with Crippen LogP contribution in [0.25, 0.3) is 28.3 Å². The van der Waals surface area contributed by atoms with E-state index >= 15 is 0 Å². The first-order chi connectivity index (χ1) is 12.5. The summed E-state index contributed by atoms with van der Waals surface area (Å²) >= 11 is 9.52. The Labute approximate surface area is 162 Å². The van der Waals surface area contributed by atoms with Crippen molar-refractivity contribution in [2.45, 2.75) is 0 Å². The van der Waals surface area contributed by atoms with Crippen molar-refractivity contribution in [2.24, 2.45) is 0 Å². The lowest BCUT2D eigenvalue weighted by Crippen LogP contribution is -2.03. The lowest BCUT2D eigenvalue weighted by molar-refractivity contribution is 0.0698. The number of halogens is 2. The molecule has 0 fully saturated rings. The highest BCUT2D eigenvalue weighted by Crippen LogP contribution is 2.27. The smallest absolute Gasteiger partial charge is 0.339 e. The van der Waals surface area contributed by atoms with Crippen LogP contribution >= 0.6 is 27.5 Å². The molecular formula is C19H11BrClN3O2. The van der Waals surface area contributed by atoms with E-state index in [-0.39, 0.29) is 11.2 Å². The van der Waals surface area contributed by atoms with Crippen molar-refractivity contribution in [3.05, 3.63) is 75.7 Å². The first-order valence-electron chi connectivity index (χ1n) is 7.68. The summed E-state index contributed by atoms with van der Waals surface area (Å²) in [5.41, 5.74) is 2.73. The molecule has 26 heavy (non-hydrogen) atoms. The van der Waals surface area contributed by atoms with Gasteiger partial charge in [-0.2, -0.15) is 0 Å². The van der Waals surface area contributed by atoms with Gasteiger partial charge in [0.15, 0.2) is 11.5 Å². The number of carboxylic acids is 1. The van der Waals surface area contributed by atoms with Crippen molar-refractivity contribution >= 4 is 39.1 Å². The zero-order valence-corrected chi connectivity index (χ0v) is 15.6. The second kappa shape index (κ2) is 6.55. The van der Waals surface area contributed by atoms with Crippen LogP contribution in [0.1, 0.15) is 10.4 Å². The van der Waals surface area contributed by atoms with Gasteiger partial charge in [-0.15, -0.1) is 5.10 Å². The van der Waals surface area contributed by atoms with Gasteiger partial charge in [-0.05, 0) is 36.4 Å². The molecule has 4 rings (SSSR count). The van der Waals surface area contributed by atoms with E-state index in [1.54, 1.807) is 34.8 Å². The third-order valence-corrected chi connectivity index (χ3v) is 4.65. The van der Waals surface area contributed by atoms with Crippen LogP contribution < -0.4 is 0 Å². The predicted octanol–water partition coefficient (Wildman–Crippen LogP) is 5.18. The Morgan fingerprint density at radius 3 is 2.54 bits per heavy atom. The van der Waals surface area contributed by atoms with E-state index in [4.69, 9.17) is 11.6 Å². The third-order valence-electron chi connectivity index (χ3n) is 3.92. The van der Waals surface area contributed by atoms with E-state index in [0.717, 1.165) is 21.3 Å². The molecule has 0 saturated carbocycles. The van der Waals surface area contributed by atoms with Crippen molar-refractivity contribution in [2.75, 3.05) is 0 Å². The molecule has 5 nitrogen and oxygen atoms in total. The van der Waals surface area contributed by atoms with E-state index in [0.29, 0.717) is 10.8 Å². The summed E-state index contributed by atoms with van der Waals surface area (Å²) in [5.74, 6) is -0.640. The molecule has 0 amide bonds. The maximum Gasteiger partial charge on any atom is 0.339 e. The van der Waals surface area contributed by atoms with E-state index in [9.17, 15) is 9.90 Å². The van der Waals surface area contributed by atoms with Crippen LogP contribution in [-0.2, 0) is 0 Å². The molecule has 1 N–H and O–H groups in total. The fourth-order valence-corrected chi connectivity index (χ4v) is 3.33. The van der Waals surface area contributed by atoms with E-state index < -0.39 is 5.97 Å². The minimum absolute atomic E-state index is 0.0875. The molecule has 0 aliphatic heterocycles. The number of pyridine rings is 1. The average Bonchev–Trinajstić information content (AvgIpc) is 3.06. The molecule has 0 radical (unpaired) electrons. The molecule has 0 saturated heterocycles. The maximum absolute atomic E-state index is 11.6. The number of hydrogen-bond acceptors (Lipinski definition) is 3. The quantitative estimate of drug-likeness (QED) is 0.488. The van der Waals surface area contributed by atoms with Crippen LogP contribution in [0.5, 0.6) is 0 Å². The highest BCUT2D eigenvalue weighted by molar-refractivity contribution is 9.10. The maximum atomic E-state index is 11.6. The summed E-state index contributed by atoms with van der Waals surface area (Å²) in [7, 11) is 0. The van der Waals surface area contributed by atoms with Gasteiger partial charge in [0.2, 0.25) is 0 Å². The summed E-state index contributed by atoms with van der Waals surface area (Å²) in [6, 6.07) is 18.1. The number of hydrogen-bond donors (Lipinski definition) is 1. The number of carbonyl (C=O) groups is 1. The monoisotopic (exact) mass is 427 g/mol. The van der Waals surface area contributed by atoms with Crippen molar-refractivity contribution in [3.63, 3.8) is 0 Å². The van der Waals surface area contributed by atoms with Crippen LogP contribution in [0.15, 0.2) is 65.1 Å². The number of carboxylic acid groups (broad SMARTS) is 1. The summed E-state index contributed by atoms with van der Waals surface area (Å²) in [4.78, 5) is 16.1. The van der Waals surface area contributed by atoms with Crippen molar-refractivity contribution in [3.8, 4) is 22.6 Å². The van der Waals surface area contributed by atoms with Crippen LogP contribution in [0.3, 0.4) is 0 Å². The minimum atomic E-state index is -1.05. The second-order valence-electron chi connectivity index (χ2n) is 5.63. The Kier molecular flexibility index (Phi) is 4.22. The molecule has 2 aromatic heterocycles. The summed E-state index contributed by atoms with van der Waals surface area (Å²) in [6.45, 7) is 0. The molecule has 7 heteroatoms. The van der Waals surface area contributed by atoms with Gasteiger partial charge in [-0.25, -0.2) is 14.3 Å². The molecule has 0 aliphatic rings. The van der Waals surface area contributed by atoms with Crippen LogP contribution in [-0.4, -0.2) is 25.7 Å². The number of fused-ring (bicyclic) bond motifs is 1. The van der Waals surface area contributed by atoms with Crippen LogP contribution in [0.2, 0.25) is 5.02 Å². The summed E-state index contributed by atoms with van der Waals surface area (Å²) in [6.07, 6.45) is 0. The molecule has 0 spiro atoms. The summed E-state index contributed by atoms with van der Waals surface area (Å²) < 4.78 is 2.47. The van der Waals surface area contributed by atoms with Gasteiger partial charge in [0.1, 0.15) is 5.56 Å². The Hall–Kier alpha value is -2.70. The molecule has 0 bridgehead atoms. The number of benzene rings is 2. The van der Waals surface area contributed by atoms with Gasteiger partial charge in [0.25, 0.3) is 0 Å². The van der Waals surface area contributed by atoms with Gasteiger partial charge < -0.3 is 5.11 Å². The molecule has 2 heterocycles. The zero-order valence-electron chi connectivity index (χ0n) is 13.2. The zero-order chi connectivity index (χ0) is 18.3. The topological polar surface area (TPSA) is 67.5 Å². The largest absolute Gasteiger partial charge is 0.478 e. The second-order valence-corrected chi connectivity index (χ2v) is 6.98. The Morgan fingerprint density at radius 2 is 1.81 bits per heavy atom. The first kappa shape index (κ1) is 16.8. The number of rotatable bonds is 3. The van der Waals surface area contributed by atoms with E-state index in [1.807, 2.05) is 30.3 Å². The predicted molar refractivity (Wildman–Crippen MR) is 104 cm³/mol. The molecule has 0 atom stereocenters. The molecule has 4 aromatic rings. The number of aromatic carboxylic acids is 1. The standard InChI is InChI=1S/C19H11BrClN3O2/c20-13-5-1-3-11(9-13)16-8-7-15(19(25)26)18-22-17(23-24(16)18)12-4-2-6-14(21)10-12/h1-10H,(H,25,26). The van der Waals surface area contributed by atoms with Crippen molar-refractivity contribution in [1.82, 2.24) is 14.6 Å². The van der Waals surface area contributed by atoms with E-state index in [2.05, 4.69) is 26.0 Å². The van der Waals surface area contributed by atoms with Crippen molar-refractivity contribution < 1.29 is 9.90 Å². The molecule has 0 aliphatic carbocycles. The van der Waals surface area contributed by atoms with Crippen LogP contribution in [0, 0.1) is 0 Å². The molecule has 2 aromatic carbocycles. The lowest BCUT2D eigenvalue weighted by Gasteiger charge is -2.06. The minimum Gasteiger partial charge on any atom is -0.478 e. The van der Waals surface area contributed by atoms with Crippen LogP contribution in [0.4, 0.5) is 0 Å².